The van der Waals surface area contributed by atoms with Crippen LogP contribution in [0, 0.1) is 0 Å². The molecule has 2 rings (SSSR count). The number of hydrogen-bond acceptors (Lipinski definition) is 3. The van der Waals surface area contributed by atoms with Crippen LogP contribution in [0.3, 0.4) is 0 Å². The molecule has 0 bridgehead atoms. The van der Waals surface area contributed by atoms with E-state index in [1.54, 1.807) is 6.20 Å². The van der Waals surface area contributed by atoms with Crippen molar-refractivity contribution in [2.75, 3.05) is 11.9 Å². The first-order chi connectivity index (χ1) is 9.56. The molecule has 0 aliphatic rings. The molecule has 1 aromatic carbocycles. The second-order valence-corrected chi connectivity index (χ2v) is 5.85. The van der Waals surface area contributed by atoms with E-state index in [9.17, 15) is 4.79 Å². The van der Waals surface area contributed by atoms with Crippen LogP contribution in [0.5, 0.6) is 0 Å². The Kier molecular flexibility index (Phi) is 5.09. The molecule has 1 amide bonds. The van der Waals surface area contributed by atoms with Crippen LogP contribution in [-0.2, 0) is 4.79 Å². The number of anilines is 1. The maximum Gasteiger partial charge on any atom is 0.225 e. The van der Waals surface area contributed by atoms with Gasteiger partial charge in [0.1, 0.15) is 0 Å². The van der Waals surface area contributed by atoms with Crippen molar-refractivity contribution in [3.8, 4) is 0 Å². The number of halogens is 1. The molecule has 20 heavy (non-hydrogen) atoms. The zero-order valence-corrected chi connectivity index (χ0v) is 13.2. The van der Waals surface area contributed by atoms with E-state index in [-0.39, 0.29) is 5.91 Å². The Bertz CT molecular complexity index is 613. The van der Waals surface area contributed by atoms with Crippen molar-refractivity contribution in [1.29, 1.82) is 0 Å². The Morgan fingerprint density at radius 1 is 1.40 bits per heavy atom. The molecule has 0 radical (unpaired) electrons. The summed E-state index contributed by atoms with van der Waals surface area (Å²) in [5.41, 5.74) is 1.56. The van der Waals surface area contributed by atoms with Crippen LogP contribution in [0.1, 0.15) is 20.3 Å². The van der Waals surface area contributed by atoms with E-state index in [0.717, 1.165) is 21.1 Å². The molecule has 4 nitrogen and oxygen atoms in total. The average Bonchev–Trinajstić information content (AvgIpc) is 2.38. The van der Waals surface area contributed by atoms with Gasteiger partial charge in [0.05, 0.1) is 11.2 Å². The molecule has 0 saturated heterocycles. The van der Waals surface area contributed by atoms with Crippen LogP contribution in [0.25, 0.3) is 10.9 Å². The van der Waals surface area contributed by atoms with Gasteiger partial charge in [0.15, 0.2) is 0 Å². The smallest absolute Gasteiger partial charge is 0.225 e. The standard InChI is InChI=1S/C15H18BrN3O/c1-10(2)17-7-6-14(20)19-13-5-3-4-11-8-12(16)9-18-15(11)13/h3-5,8-10,17H,6-7H2,1-2H3,(H,19,20). The molecule has 2 aromatic rings. The predicted molar refractivity (Wildman–Crippen MR) is 85.8 cm³/mol. The lowest BCUT2D eigenvalue weighted by molar-refractivity contribution is -0.116. The summed E-state index contributed by atoms with van der Waals surface area (Å²) in [6.07, 6.45) is 2.18. The highest BCUT2D eigenvalue weighted by atomic mass is 79.9. The zero-order valence-electron chi connectivity index (χ0n) is 11.6. The lowest BCUT2D eigenvalue weighted by Crippen LogP contribution is -2.27. The first-order valence-corrected chi connectivity index (χ1v) is 7.43. The van der Waals surface area contributed by atoms with Gasteiger partial charge in [-0.15, -0.1) is 0 Å². The van der Waals surface area contributed by atoms with Crippen molar-refractivity contribution in [3.05, 3.63) is 34.9 Å². The van der Waals surface area contributed by atoms with Gasteiger partial charge in [0.2, 0.25) is 5.91 Å². The van der Waals surface area contributed by atoms with Crippen LogP contribution < -0.4 is 10.6 Å². The van der Waals surface area contributed by atoms with Crippen molar-refractivity contribution in [2.24, 2.45) is 0 Å². The fraction of sp³-hybridized carbons (Fsp3) is 0.333. The van der Waals surface area contributed by atoms with Gasteiger partial charge in [-0.3, -0.25) is 9.78 Å². The summed E-state index contributed by atoms with van der Waals surface area (Å²) in [5.74, 6) is -0.00429. The van der Waals surface area contributed by atoms with Crippen molar-refractivity contribution < 1.29 is 4.79 Å². The van der Waals surface area contributed by atoms with Crippen molar-refractivity contribution in [1.82, 2.24) is 10.3 Å². The number of amides is 1. The van der Waals surface area contributed by atoms with Crippen molar-refractivity contribution in [2.45, 2.75) is 26.3 Å². The molecule has 2 N–H and O–H groups in total. The van der Waals surface area contributed by atoms with Crippen molar-refractivity contribution >= 4 is 38.4 Å². The molecule has 1 heterocycles. The highest BCUT2D eigenvalue weighted by Gasteiger charge is 2.07. The van der Waals surface area contributed by atoms with Gasteiger partial charge in [0, 0.05) is 35.1 Å². The summed E-state index contributed by atoms with van der Waals surface area (Å²) in [7, 11) is 0. The lowest BCUT2D eigenvalue weighted by Gasteiger charge is -2.10. The Morgan fingerprint density at radius 2 is 2.20 bits per heavy atom. The Balaban J connectivity index is 2.08. The molecular weight excluding hydrogens is 318 g/mol. The highest BCUT2D eigenvalue weighted by Crippen LogP contribution is 2.23. The largest absolute Gasteiger partial charge is 0.324 e. The van der Waals surface area contributed by atoms with Gasteiger partial charge in [-0.2, -0.15) is 0 Å². The fourth-order valence-corrected chi connectivity index (χ4v) is 2.27. The minimum absolute atomic E-state index is 0.00429. The monoisotopic (exact) mass is 335 g/mol. The molecule has 106 valence electrons. The van der Waals surface area contributed by atoms with E-state index in [1.165, 1.54) is 0 Å². The number of para-hydroxylation sites is 1. The number of carbonyl (C=O) groups is 1. The summed E-state index contributed by atoms with van der Waals surface area (Å²) in [6, 6.07) is 8.14. The third kappa shape index (κ3) is 4.02. The van der Waals surface area contributed by atoms with Crippen LogP contribution >= 0.6 is 15.9 Å². The maximum absolute atomic E-state index is 11.9. The lowest BCUT2D eigenvalue weighted by atomic mass is 10.2. The van der Waals surface area contributed by atoms with Crippen LogP contribution in [0.4, 0.5) is 5.69 Å². The van der Waals surface area contributed by atoms with E-state index in [2.05, 4.69) is 45.4 Å². The predicted octanol–water partition coefficient (Wildman–Crippen LogP) is 3.32. The average molecular weight is 336 g/mol. The number of nitrogens with zero attached hydrogens (tertiary/aromatic N) is 1. The quantitative estimate of drug-likeness (QED) is 0.881. The zero-order chi connectivity index (χ0) is 14.5. The number of hydrogen-bond donors (Lipinski definition) is 2. The number of fused-ring (bicyclic) bond motifs is 1. The van der Waals surface area contributed by atoms with E-state index < -0.39 is 0 Å². The van der Waals surface area contributed by atoms with E-state index in [4.69, 9.17) is 0 Å². The third-order valence-electron chi connectivity index (χ3n) is 2.86. The SMILES string of the molecule is CC(C)NCCC(=O)Nc1cccc2cc(Br)cnc12. The number of rotatable bonds is 5. The van der Waals surface area contributed by atoms with E-state index >= 15 is 0 Å². The molecular formula is C15H18BrN3O. The van der Waals surface area contributed by atoms with E-state index in [0.29, 0.717) is 19.0 Å². The van der Waals surface area contributed by atoms with Gasteiger partial charge >= 0.3 is 0 Å². The number of aromatic nitrogens is 1. The first-order valence-electron chi connectivity index (χ1n) is 6.64. The van der Waals surface area contributed by atoms with Crippen molar-refractivity contribution in [3.63, 3.8) is 0 Å². The molecule has 0 fully saturated rings. The van der Waals surface area contributed by atoms with Crippen LogP contribution in [0.2, 0.25) is 0 Å². The molecule has 0 spiro atoms. The summed E-state index contributed by atoms with van der Waals surface area (Å²) >= 11 is 3.40. The third-order valence-corrected chi connectivity index (χ3v) is 3.29. The maximum atomic E-state index is 11.9. The number of nitrogens with one attached hydrogen (secondary N) is 2. The first kappa shape index (κ1) is 14.9. The molecule has 0 atom stereocenters. The molecule has 0 aliphatic carbocycles. The highest BCUT2D eigenvalue weighted by molar-refractivity contribution is 9.10. The van der Waals surface area contributed by atoms with Gasteiger partial charge in [-0.1, -0.05) is 26.0 Å². The molecule has 1 aromatic heterocycles. The Morgan fingerprint density at radius 3 is 2.95 bits per heavy atom. The number of pyridine rings is 1. The Labute approximate surface area is 127 Å². The molecule has 0 aliphatic heterocycles. The van der Waals surface area contributed by atoms with Crippen LogP contribution in [0.15, 0.2) is 34.9 Å². The summed E-state index contributed by atoms with van der Waals surface area (Å²) in [4.78, 5) is 16.3. The molecule has 0 saturated carbocycles. The summed E-state index contributed by atoms with van der Waals surface area (Å²) in [6.45, 7) is 4.79. The topological polar surface area (TPSA) is 54.0 Å². The summed E-state index contributed by atoms with van der Waals surface area (Å²) in [5, 5.41) is 7.14. The normalized spacial score (nSPS) is 11.0. The van der Waals surface area contributed by atoms with Gasteiger partial charge in [0.25, 0.3) is 0 Å². The fourth-order valence-electron chi connectivity index (χ4n) is 1.92. The van der Waals surface area contributed by atoms with Gasteiger partial charge in [-0.25, -0.2) is 0 Å². The van der Waals surface area contributed by atoms with Gasteiger partial charge < -0.3 is 10.6 Å². The number of benzene rings is 1. The van der Waals surface area contributed by atoms with Gasteiger partial charge in [-0.05, 0) is 28.1 Å². The molecule has 5 heteroatoms. The molecule has 0 unspecified atom stereocenters. The van der Waals surface area contributed by atoms with E-state index in [1.807, 2.05) is 24.3 Å². The number of carbonyl (C=O) groups excluding carboxylic acids is 1. The minimum Gasteiger partial charge on any atom is -0.324 e. The Hall–Kier alpha value is -1.46. The minimum atomic E-state index is -0.00429. The second kappa shape index (κ2) is 6.81. The second-order valence-electron chi connectivity index (χ2n) is 4.94. The van der Waals surface area contributed by atoms with Crippen LogP contribution in [-0.4, -0.2) is 23.5 Å². The summed E-state index contributed by atoms with van der Waals surface area (Å²) < 4.78 is 0.926.